The Labute approximate surface area is 111 Å². The molecular formula is C17H13O2. The summed E-state index contributed by atoms with van der Waals surface area (Å²) in [4.78, 5) is 10.3. The van der Waals surface area contributed by atoms with Gasteiger partial charge in [0, 0.05) is 6.42 Å². The molecule has 4 rings (SSSR count). The molecule has 1 fully saturated rings. The molecule has 3 aromatic rings. The molecule has 0 bridgehead atoms. The average molecular weight is 249 g/mol. The van der Waals surface area contributed by atoms with Crippen LogP contribution in [0.15, 0.2) is 54.6 Å². The molecule has 0 N–H and O–H groups in total. The Bertz CT molecular complexity index is 742. The number of hydrogen-bond acceptors (Lipinski definition) is 2. The van der Waals surface area contributed by atoms with E-state index in [1.165, 1.54) is 21.5 Å². The van der Waals surface area contributed by atoms with Gasteiger partial charge in [0.15, 0.2) is 6.10 Å². The van der Waals surface area contributed by atoms with Crippen LogP contribution in [-0.2, 0) is 9.78 Å². The summed E-state index contributed by atoms with van der Waals surface area (Å²) in [6.07, 6.45) is 1.77. The topological polar surface area (TPSA) is 18.5 Å². The first-order chi connectivity index (χ1) is 9.42. The summed E-state index contributed by atoms with van der Waals surface area (Å²) in [6.45, 7) is 0.638. The van der Waals surface area contributed by atoms with Crippen LogP contribution in [0.25, 0.3) is 21.5 Å². The van der Waals surface area contributed by atoms with E-state index >= 15 is 0 Å². The van der Waals surface area contributed by atoms with E-state index in [-0.39, 0.29) is 0 Å². The number of benzene rings is 3. The van der Waals surface area contributed by atoms with Crippen molar-refractivity contribution in [2.45, 2.75) is 6.42 Å². The molecular weight excluding hydrogens is 236 g/mol. The van der Waals surface area contributed by atoms with Crippen molar-refractivity contribution in [3.63, 3.8) is 0 Å². The quantitative estimate of drug-likeness (QED) is 0.474. The van der Waals surface area contributed by atoms with Crippen LogP contribution in [0.5, 0.6) is 0 Å². The first-order valence-electron chi connectivity index (χ1n) is 6.49. The zero-order chi connectivity index (χ0) is 12.7. The van der Waals surface area contributed by atoms with Crippen LogP contribution in [0.4, 0.5) is 0 Å². The monoisotopic (exact) mass is 249 g/mol. The molecule has 1 aliphatic heterocycles. The highest BCUT2D eigenvalue weighted by Gasteiger charge is 2.22. The maximum absolute atomic E-state index is 5.28. The van der Waals surface area contributed by atoms with Crippen molar-refractivity contribution in [1.82, 2.24) is 0 Å². The summed E-state index contributed by atoms with van der Waals surface area (Å²) in [5.74, 6) is 0. The van der Waals surface area contributed by atoms with E-state index in [4.69, 9.17) is 9.78 Å². The van der Waals surface area contributed by atoms with Gasteiger partial charge in [-0.05, 0) is 39.2 Å². The molecule has 0 amide bonds. The second-order valence-electron chi connectivity index (χ2n) is 4.80. The van der Waals surface area contributed by atoms with Gasteiger partial charge in [-0.1, -0.05) is 42.5 Å². The van der Waals surface area contributed by atoms with Gasteiger partial charge in [-0.3, -0.25) is 0 Å². The lowest BCUT2D eigenvalue weighted by atomic mass is 9.96. The highest BCUT2D eigenvalue weighted by Crippen LogP contribution is 2.33. The van der Waals surface area contributed by atoms with Gasteiger partial charge in [0.05, 0.1) is 6.61 Å². The molecule has 0 aliphatic carbocycles. The maximum Gasteiger partial charge on any atom is 0.168 e. The van der Waals surface area contributed by atoms with Crippen molar-refractivity contribution < 1.29 is 9.78 Å². The zero-order valence-electron chi connectivity index (χ0n) is 10.4. The van der Waals surface area contributed by atoms with Crippen molar-refractivity contribution in [1.29, 1.82) is 0 Å². The number of rotatable bonds is 1. The second-order valence-corrected chi connectivity index (χ2v) is 4.80. The van der Waals surface area contributed by atoms with E-state index in [1.54, 1.807) is 0 Å². The minimum Gasteiger partial charge on any atom is -0.236 e. The number of fused-ring (bicyclic) bond motifs is 2. The highest BCUT2D eigenvalue weighted by atomic mass is 17.2. The fraction of sp³-hybridized carbons (Fsp3) is 0.118. The Morgan fingerprint density at radius 3 is 2.37 bits per heavy atom. The van der Waals surface area contributed by atoms with Crippen LogP contribution in [0.3, 0.4) is 0 Å². The van der Waals surface area contributed by atoms with E-state index < -0.39 is 0 Å². The molecule has 0 saturated carbocycles. The summed E-state index contributed by atoms with van der Waals surface area (Å²) < 4.78 is 0. The first-order valence-corrected chi connectivity index (χ1v) is 6.49. The van der Waals surface area contributed by atoms with Crippen molar-refractivity contribution in [2.24, 2.45) is 0 Å². The van der Waals surface area contributed by atoms with Crippen LogP contribution < -0.4 is 0 Å². The molecule has 0 atom stereocenters. The van der Waals surface area contributed by atoms with Gasteiger partial charge in [-0.15, -0.1) is 0 Å². The number of hydrogen-bond donors (Lipinski definition) is 0. The lowest BCUT2D eigenvalue weighted by molar-refractivity contribution is -0.239. The predicted octanol–water partition coefficient (Wildman–Crippen LogP) is 4.22. The molecule has 2 heteroatoms. The van der Waals surface area contributed by atoms with Crippen molar-refractivity contribution >= 4 is 21.5 Å². The Kier molecular flexibility index (Phi) is 2.50. The molecule has 0 aromatic heterocycles. The summed E-state index contributed by atoms with van der Waals surface area (Å²) in [5, 5.41) is 4.98. The van der Waals surface area contributed by atoms with Gasteiger partial charge in [0.1, 0.15) is 0 Å². The fourth-order valence-electron chi connectivity index (χ4n) is 2.68. The second kappa shape index (κ2) is 4.34. The molecule has 1 aliphatic rings. The van der Waals surface area contributed by atoms with Crippen LogP contribution in [0.2, 0.25) is 0 Å². The van der Waals surface area contributed by atoms with Gasteiger partial charge < -0.3 is 0 Å². The van der Waals surface area contributed by atoms with Gasteiger partial charge >= 0.3 is 0 Å². The van der Waals surface area contributed by atoms with E-state index in [2.05, 4.69) is 54.6 Å². The van der Waals surface area contributed by atoms with Crippen LogP contribution in [-0.4, -0.2) is 6.61 Å². The van der Waals surface area contributed by atoms with Gasteiger partial charge in [0.25, 0.3) is 0 Å². The molecule has 0 unspecified atom stereocenters. The lowest BCUT2D eigenvalue weighted by Crippen LogP contribution is -1.97. The van der Waals surface area contributed by atoms with Gasteiger partial charge in [0.2, 0.25) is 0 Å². The molecule has 1 radical (unpaired) electrons. The normalized spacial score (nSPS) is 16.4. The third-order valence-corrected chi connectivity index (χ3v) is 3.62. The molecule has 1 saturated heterocycles. The minimum atomic E-state index is 0.638. The van der Waals surface area contributed by atoms with E-state index in [1.807, 2.05) is 0 Å². The summed E-state index contributed by atoms with van der Waals surface area (Å²) >= 11 is 0. The van der Waals surface area contributed by atoms with E-state index in [0.717, 1.165) is 18.1 Å². The maximum atomic E-state index is 5.28. The summed E-state index contributed by atoms with van der Waals surface area (Å²) in [6, 6.07) is 19.2. The zero-order valence-corrected chi connectivity index (χ0v) is 10.4. The van der Waals surface area contributed by atoms with Gasteiger partial charge in [-0.2, -0.15) is 0 Å². The van der Waals surface area contributed by atoms with Crippen LogP contribution in [0, 0.1) is 6.10 Å². The van der Waals surface area contributed by atoms with Crippen molar-refractivity contribution in [2.75, 3.05) is 6.61 Å². The first kappa shape index (κ1) is 11.0. The Morgan fingerprint density at radius 2 is 1.58 bits per heavy atom. The molecule has 93 valence electrons. The average Bonchev–Trinajstić information content (AvgIpc) is 2.98. The molecule has 3 aromatic carbocycles. The fourth-order valence-corrected chi connectivity index (χ4v) is 2.68. The van der Waals surface area contributed by atoms with Crippen molar-refractivity contribution in [3.05, 3.63) is 66.3 Å². The lowest BCUT2D eigenvalue weighted by Gasteiger charge is -2.11. The Morgan fingerprint density at radius 1 is 0.789 bits per heavy atom. The van der Waals surface area contributed by atoms with Crippen molar-refractivity contribution in [3.8, 4) is 0 Å². The van der Waals surface area contributed by atoms with Crippen LogP contribution in [0.1, 0.15) is 12.0 Å². The van der Waals surface area contributed by atoms with Crippen LogP contribution >= 0.6 is 0 Å². The molecule has 2 nitrogen and oxygen atoms in total. The Balaban J connectivity index is 2.00. The molecule has 1 heterocycles. The standard InChI is InChI=1S/C17H13O2/c1-2-5-13-11-16-14(10-12(13)4-1)6-3-7-15(16)17-8-9-18-19-17/h1-7,10-11H,8-9H2. The summed E-state index contributed by atoms with van der Waals surface area (Å²) in [5.41, 5.74) is 1.14. The van der Waals surface area contributed by atoms with E-state index in [0.29, 0.717) is 6.61 Å². The third kappa shape index (κ3) is 1.81. The smallest absolute Gasteiger partial charge is 0.168 e. The predicted molar refractivity (Wildman–Crippen MR) is 75.5 cm³/mol. The SMILES string of the molecule is c1ccc2cc3c([C]4CCOO4)cccc3cc2c1. The molecule has 19 heavy (non-hydrogen) atoms. The van der Waals surface area contributed by atoms with Gasteiger partial charge in [-0.25, -0.2) is 9.78 Å². The minimum absolute atomic E-state index is 0.638. The summed E-state index contributed by atoms with van der Waals surface area (Å²) in [7, 11) is 0. The third-order valence-electron chi connectivity index (χ3n) is 3.62. The highest BCUT2D eigenvalue weighted by molar-refractivity contribution is 6.00. The molecule has 0 spiro atoms. The largest absolute Gasteiger partial charge is 0.236 e. The van der Waals surface area contributed by atoms with E-state index in [9.17, 15) is 0 Å². The Hall–Kier alpha value is -1.90.